The average Bonchev–Trinajstić information content (AvgIpc) is 1.99. The van der Waals surface area contributed by atoms with Crippen molar-refractivity contribution in [2.75, 3.05) is 0 Å². The summed E-state index contributed by atoms with van der Waals surface area (Å²) in [5.41, 5.74) is 8.93. The Morgan fingerprint density at radius 1 is 1.45 bits per heavy atom. The Bertz CT molecular complexity index is 251. The third-order valence-corrected chi connectivity index (χ3v) is 2.11. The smallest absolute Gasteiger partial charge is 0.0722 e. The van der Waals surface area contributed by atoms with Crippen LogP contribution in [0, 0.1) is 0 Å². The largest absolute Gasteiger partial charge is 0.319 e. The van der Waals surface area contributed by atoms with Gasteiger partial charge in [0.05, 0.1) is 11.8 Å². The molecule has 0 heterocycles. The first-order chi connectivity index (χ1) is 5.16. The van der Waals surface area contributed by atoms with E-state index in [-0.39, 0.29) is 6.04 Å². The maximum Gasteiger partial charge on any atom is 0.0722 e. The highest BCUT2D eigenvalue weighted by Crippen LogP contribution is 2.14. The number of rotatable bonds is 0. The van der Waals surface area contributed by atoms with E-state index in [0.717, 1.165) is 16.9 Å². The first kappa shape index (κ1) is 8.56. The molecule has 0 spiro atoms. The summed E-state index contributed by atoms with van der Waals surface area (Å²) in [4.78, 5) is 0. The van der Waals surface area contributed by atoms with E-state index < -0.39 is 0 Å². The molecule has 0 aromatic heterocycles. The number of thiol groups is 1. The Balaban J connectivity index is 3.03. The molecule has 0 saturated heterocycles. The fourth-order valence-electron chi connectivity index (χ4n) is 1.05. The SMILES string of the molecule is CC1=CC=C(C)C(N)C1=NS. The summed E-state index contributed by atoms with van der Waals surface area (Å²) in [6.07, 6.45) is 4.02. The molecule has 1 rings (SSSR count). The van der Waals surface area contributed by atoms with Crippen LogP contribution in [-0.4, -0.2) is 11.8 Å². The highest BCUT2D eigenvalue weighted by molar-refractivity contribution is 7.79. The first-order valence-electron chi connectivity index (χ1n) is 3.49. The van der Waals surface area contributed by atoms with Gasteiger partial charge in [-0.1, -0.05) is 17.7 Å². The van der Waals surface area contributed by atoms with Gasteiger partial charge in [-0.3, -0.25) is 0 Å². The Hall–Kier alpha value is -0.540. The predicted octanol–water partition coefficient (Wildman–Crippen LogP) is 1.51. The fraction of sp³-hybridized carbons (Fsp3) is 0.375. The maximum atomic E-state index is 5.83. The van der Waals surface area contributed by atoms with Crippen molar-refractivity contribution in [2.45, 2.75) is 19.9 Å². The summed E-state index contributed by atoms with van der Waals surface area (Å²) >= 11 is 3.86. The minimum atomic E-state index is -0.0718. The van der Waals surface area contributed by atoms with E-state index in [9.17, 15) is 0 Å². The van der Waals surface area contributed by atoms with E-state index in [1.165, 1.54) is 0 Å². The molecule has 3 heteroatoms. The lowest BCUT2D eigenvalue weighted by Crippen LogP contribution is -2.33. The van der Waals surface area contributed by atoms with Crippen molar-refractivity contribution in [1.82, 2.24) is 0 Å². The number of nitrogens with two attached hydrogens (primary N) is 1. The van der Waals surface area contributed by atoms with E-state index in [1.807, 2.05) is 26.0 Å². The highest BCUT2D eigenvalue weighted by Gasteiger charge is 2.16. The minimum Gasteiger partial charge on any atom is -0.319 e. The Morgan fingerprint density at radius 2 is 2.09 bits per heavy atom. The van der Waals surface area contributed by atoms with Crippen molar-refractivity contribution in [3.8, 4) is 0 Å². The Labute approximate surface area is 72.4 Å². The quantitative estimate of drug-likeness (QED) is 0.529. The second kappa shape index (κ2) is 3.24. The third kappa shape index (κ3) is 1.54. The first-order valence-corrected chi connectivity index (χ1v) is 3.89. The molecule has 0 saturated carbocycles. The minimum absolute atomic E-state index is 0.0718. The molecule has 1 aliphatic carbocycles. The van der Waals surface area contributed by atoms with Gasteiger partial charge in [-0.15, -0.1) is 0 Å². The van der Waals surface area contributed by atoms with Gasteiger partial charge in [-0.25, -0.2) is 4.40 Å². The van der Waals surface area contributed by atoms with Crippen LogP contribution < -0.4 is 5.73 Å². The summed E-state index contributed by atoms with van der Waals surface area (Å²) in [5, 5.41) is 0. The number of allylic oxidation sites excluding steroid dienone is 2. The number of hydrogen-bond donors (Lipinski definition) is 2. The molecule has 0 amide bonds. The molecule has 2 N–H and O–H groups in total. The van der Waals surface area contributed by atoms with Crippen LogP contribution in [0.5, 0.6) is 0 Å². The van der Waals surface area contributed by atoms with Crippen LogP contribution in [0.25, 0.3) is 0 Å². The van der Waals surface area contributed by atoms with Crippen molar-refractivity contribution in [3.63, 3.8) is 0 Å². The monoisotopic (exact) mass is 168 g/mol. The van der Waals surface area contributed by atoms with Crippen LogP contribution in [0.2, 0.25) is 0 Å². The topological polar surface area (TPSA) is 38.4 Å². The second-order valence-electron chi connectivity index (χ2n) is 2.72. The number of nitrogens with zero attached hydrogens (tertiary/aromatic N) is 1. The van der Waals surface area contributed by atoms with Gasteiger partial charge in [0.15, 0.2) is 0 Å². The molecular weight excluding hydrogens is 156 g/mol. The van der Waals surface area contributed by atoms with Gasteiger partial charge in [0.1, 0.15) is 0 Å². The summed E-state index contributed by atoms with van der Waals surface area (Å²) in [6, 6.07) is -0.0718. The molecule has 0 aromatic carbocycles. The lowest BCUT2D eigenvalue weighted by molar-refractivity contribution is 0.984. The molecule has 0 aliphatic heterocycles. The van der Waals surface area contributed by atoms with E-state index in [0.29, 0.717) is 0 Å². The standard InChI is InChI=1S/C8H12N2S/c1-5-3-4-6(2)8(10-11)7(5)9/h3-4,7,11H,9H2,1-2H3. The molecule has 1 unspecified atom stereocenters. The summed E-state index contributed by atoms with van der Waals surface area (Å²) < 4.78 is 3.84. The third-order valence-electron chi connectivity index (χ3n) is 1.89. The van der Waals surface area contributed by atoms with Crippen LogP contribution in [0.15, 0.2) is 27.7 Å². The molecule has 1 atom stereocenters. The summed E-state index contributed by atoms with van der Waals surface area (Å²) in [6.45, 7) is 3.98. The molecule has 0 radical (unpaired) electrons. The van der Waals surface area contributed by atoms with Crippen LogP contribution in [0.3, 0.4) is 0 Å². The van der Waals surface area contributed by atoms with Crippen LogP contribution in [0.4, 0.5) is 0 Å². The highest BCUT2D eigenvalue weighted by atomic mass is 32.1. The van der Waals surface area contributed by atoms with Crippen molar-refractivity contribution >= 4 is 18.5 Å². The molecule has 0 fully saturated rings. The Morgan fingerprint density at radius 3 is 2.55 bits per heavy atom. The van der Waals surface area contributed by atoms with Crippen LogP contribution in [0.1, 0.15) is 13.8 Å². The van der Waals surface area contributed by atoms with Gasteiger partial charge in [0, 0.05) is 0 Å². The van der Waals surface area contributed by atoms with Gasteiger partial charge in [-0.2, -0.15) is 0 Å². The average molecular weight is 168 g/mol. The number of hydrogen-bond acceptors (Lipinski definition) is 3. The fourth-order valence-corrected chi connectivity index (χ4v) is 1.33. The molecular formula is C8H12N2S. The van der Waals surface area contributed by atoms with E-state index >= 15 is 0 Å². The van der Waals surface area contributed by atoms with Gasteiger partial charge in [0.25, 0.3) is 0 Å². The molecule has 0 bridgehead atoms. The van der Waals surface area contributed by atoms with Crippen molar-refractivity contribution < 1.29 is 0 Å². The van der Waals surface area contributed by atoms with Gasteiger partial charge in [-0.05, 0) is 32.2 Å². The van der Waals surface area contributed by atoms with Crippen molar-refractivity contribution in [1.29, 1.82) is 0 Å². The molecule has 1 aliphatic rings. The second-order valence-corrected chi connectivity index (χ2v) is 2.92. The molecule has 11 heavy (non-hydrogen) atoms. The van der Waals surface area contributed by atoms with Gasteiger partial charge in [0.2, 0.25) is 0 Å². The lowest BCUT2D eigenvalue weighted by Gasteiger charge is -2.18. The van der Waals surface area contributed by atoms with Gasteiger partial charge >= 0.3 is 0 Å². The van der Waals surface area contributed by atoms with Gasteiger partial charge < -0.3 is 5.73 Å². The van der Waals surface area contributed by atoms with E-state index in [1.54, 1.807) is 0 Å². The zero-order valence-electron chi connectivity index (χ0n) is 6.70. The van der Waals surface area contributed by atoms with E-state index in [2.05, 4.69) is 17.2 Å². The lowest BCUT2D eigenvalue weighted by atomic mass is 9.94. The Kier molecular flexibility index (Phi) is 2.52. The maximum absolute atomic E-state index is 5.83. The molecule has 2 nitrogen and oxygen atoms in total. The molecule has 0 aromatic rings. The zero-order valence-corrected chi connectivity index (χ0v) is 7.60. The molecule has 60 valence electrons. The normalized spacial score (nSPS) is 28.4. The van der Waals surface area contributed by atoms with Crippen LogP contribution in [-0.2, 0) is 0 Å². The summed E-state index contributed by atoms with van der Waals surface area (Å²) in [5.74, 6) is 0. The summed E-state index contributed by atoms with van der Waals surface area (Å²) in [7, 11) is 0. The van der Waals surface area contributed by atoms with Crippen molar-refractivity contribution in [3.05, 3.63) is 23.3 Å². The van der Waals surface area contributed by atoms with Crippen molar-refractivity contribution in [2.24, 2.45) is 10.1 Å². The zero-order chi connectivity index (χ0) is 8.43. The van der Waals surface area contributed by atoms with Crippen LogP contribution >= 0.6 is 12.8 Å². The predicted molar refractivity (Wildman–Crippen MR) is 51.9 cm³/mol. The van der Waals surface area contributed by atoms with E-state index in [4.69, 9.17) is 5.73 Å².